The lowest BCUT2D eigenvalue weighted by Gasteiger charge is -2.10. The molecular formula is C10H9NO2S. The molecule has 72 valence electrons. The van der Waals surface area contributed by atoms with Gasteiger partial charge in [-0.2, -0.15) is 12.6 Å². The zero-order valence-electron chi connectivity index (χ0n) is 7.43. The largest absolute Gasteiger partial charge is 0.274 e. The maximum Gasteiger partial charge on any atom is 0.261 e. The van der Waals surface area contributed by atoms with Crippen molar-refractivity contribution in [2.24, 2.45) is 0 Å². The van der Waals surface area contributed by atoms with E-state index in [1.165, 1.54) is 4.90 Å². The molecule has 0 bridgehead atoms. The van der Waals surface area contributed by atoms with E-state index in [1.807, 2.05) is 0 Å². The molecule has 1 aromatic rings. The Hall–Kier alpha value is -1.29. The second kappa shape index (κ2) is 3.46. The van der Waals surface area contributed by atoms with Gasteiger partial charge in [-0.1, -0.05) is 12.1 Å². The Labute approximate surface area is 87.1 Å². The van der Waals surface area contributed by atoms with Crippen LogP contribution in [0.25, 0.3) is 0 Å². The van der Waals surface area contributed by atoms with Gasteiger partial charge in [-0.3, -0.25) is 14.5 Å². The smallest absolute Gasteiger partial charge is 0.261 e. The number of carbonyl (C=O) groups is 2. The van der Waals surface area contributed by atoms with Crippen molar-refractivity contribution in [1.82, 2.24) is 4.90 Å². The molecule has 4 heteroatoms. The van der Waals surface area contributed by atoms with Gasteiger partial charge < -0.3 is 0 Å². The summed E-state index contributed by atoms with van der Waals surface area (Å²) in [5.74, 6) is 0.0742. The first-order valence-corrected chi connectivity index (χ1v) is 4.95. The van der Waals surface area contributed by atoms with Gasteiger partial charge in [0.1, 0.15) is 0 Å². The van der Waals surface area contributed by atoms with Crippen LogP contribution >= 0.6 is 12.6 Å². The summed E-state index contributed by atoms with van der Waals surface area (Å²) in [4.78, 5) is 24.6. The summed E-state index contributed by atoms with van der Waals surface area (Å²) in [5, 5.41) is 0. The van der Waals surface area contributed by atoms with Crippen molar-refractivity contribution < 1.29 is 9.59 Å². The van der Waals surface area contributed by atoms with Crippen molar-refractivity contribution in [2.45, 2.75) is 0 Å². The Morgan fingerprint density at radius 3 is 2.00 bits per heavy atom. The summed E-state index contributed by atoms with van der Waals surface area (Å²) >= 11 is 4.01. The number of nitrogens with zero attached hydrogens (tertiary/aromatic N) is 1. The van der Waals surface area contributed by atoms with E-state index in [9.17, 15) is 9.59 Å². The van der Waals surface area contributed by atoms with Gasteiger partial charge in [-0.05, 0) is 12.1 Å². The van der Waals surface area contributed by atoms with Crippen LogP contribution in [0.3, 0.4) is 0 Å². The zero-order chi connectivity index (χ0) is 10.1. The van der Waals surface area contributed by atoms with Crippen molar-refractivity contribution >= 4 is 24.4 Å². The summed E-state index contributed by atoms with van der Waals surface area (Å²) in [6.07, 6.45) is 0. The number of hydrogen-bond donors (Lipinski definition) is 1. The number of rotatable bonds is 2. The molecule has 2 amide bonds. The highest BCUT2D eigenvalue weighted by Crippen LogP contribution is 2.21. The van der Waals surface area contributed by atoms with Crippen LogP contribution in [-0.4, -0.2) is 29.0 Å². The minimum atomic E-state index is -0.209. The lowest BCUT2D eigenvalue weighted by molar-refractivity contribution is 0.0664. The maximum absolute atomic E-state index is 11.7. The first-order valence-electron chi connectivity index (χ1n) is 4.32. The van der Waals surface area contributed by atoms with Crippen molar-refractivity contribution in [1.29, 1.82) is 0 Å². The number of thiol groups is 1. The molecule has 0 aromatic heterocycles. The minimum absolute atomic E-state index is 0.209. The lowest BCUT2D eigenvalue weighted by Crippen LogP contribution is -2.31. The Balaban J connectivity index is 2.43. The normalized spacial score (nSPS) is 14.8. The highest BCUT2D eigenvalue weighted by atomic mass is 32.1. The SMILES string of the molecule is O=C1c2ccccc2C(=O)N1CCS. The topological polar surface area (TPSA) is 37.4 Å². The summed E-state index contributed by atoms with van der Waals surface area (Å²) in [7, 11) is 0. The van der Waals surface area contributed by atoms with Crippen LogP contribution in [0.1, 0.15) is 20.7 Å². The van der Waals surface area contributed by atoms with Crippen LogP contribution in [0.5, 0.6) is 0 Å². The Morgan fingerprint density at radius 2 is 1.57 bits per heavy atom. The average Bonchev–Trinajstić information content (AvgIpc) is 2.45. The van der Waals surface area contributed by atoms with Gasteiger partial charge in [-0.15, -0.1) is 0 Å². The first-order chi connectivity index (χ1) is 6.75. The van der Waals surface area contributed by atoms with Crippen LogP contribution in [0.2, 0.25) is 0 Å². The van der Waals surface area contributed by atoms with Crippen LogP contribution in [0.4, 0.5) is 0 Å². The van der Waals surface area contributed by atoms with Gasteiger partial charge >= 0.3 is 0 Å². The lowest BCUT2D eigenvalue weighted by atomic mass is 10.1. The molecule has 1 aliphatic rings. The number of fused-ring (bicyclic) bond motifs is 1. The van der Waals surface area contributed by atoms with Crippen molar-refractivity contribution in [3.8, 4) is 0 Å². The van der Waals surface area contributed by atoms with E-state index in [0.717, 1.165) is 0 Å². The van der Waals surface area contributed by atoms with Gasteiger partial charge in [0.05, 0.1) is 11.1 Å². The fraction of sp³-hybridized carbons (Fsp3) is 0.200. The zero-order valence-corrected chi connectivity index (χ0v) is 8.33. The van der Waals surface area contributed by atoms with E-state index in [4.69, 9.17) is 0 Å². The third kappa shape index (κ3) is 1.23. The number of amides is 2. The highest BCUT2D eigenvalue weighted by Gasteiger charge is 2.34. The van der Waals surface area contributed by atoms with E-state index >= 15 is 0 Å². The third-order valence-electron chi connectivity index (χ3n) is 2.20. The summed E-state index contributed by atoms with van der Waals surface area (Å²) < 4.78 is 0. The third-order valence-corrected chi connectivity index (χ3v) is 2.40. The first kappa shape index (κ1) is 9.27. The summed E-state index contributed by atoms with van der Waals surface area (Å²) in [5.41, 5.74) is 0.999. The molecule has 3 nitrogen and oxygen atoms in total. The fourth-order valence-electron chi connectivity index (χ4n) is 1.54. The molecule has 1 heterocycles. The molecular weight excluding hydrogens is 198 g/mol. The van der Waals surface area contributed by atoms with Gasteiger partial charge in [0.2, 0.25) is 0 Å². The molecule has 0 N–H and O–H groups in total. The predicted octanol–water partition coefficient (Wildman–Crippen LogP) is 1.21. The van der Waals surface area contributed by atoms with E-state index < -0.39 is 0 Å². The maximum atomic E-state index is 11.7. The summed E-state index contributed by atoms with van der Waals surface area (Å²) in [6.45, 7) is 0.370. The van der Waals surface area contributed by atoms with E-state index in [1.54, 1.807) is 24.3 Å². The van der Waals surface area contributed by atoms with E-state index in [0.29, 0.717) is 23.4 Å². The van der Waals surface area contributed by atoms with Crippen molar-refractivity contribution in [3.63, 3.8) is 0 Å². The number of benzene rings is 1. The molecule has 0 unspecified atom stereocenters. The molecule has 0 saturated carbocycles. The molecule has 0 fully saturated rings. The molecule has 0 aliphatic carbocycles. The molecule has 0 saturated heterocycles. The van der Waals surface area contributed by atoms with Crippen LogP contribution in [0.15, 0.2) is 24.3 Å². The van der Waals surface area contributed by atoms with Gasteiger partial charge in [0.15, 0.2) is 0 Å². The van der Waals surface area contributed by atoms with Crippen LogP contribution < -0.4 is 0 Å². The predicted molar refractivity (Wildman–Crippen MR) is 55.7 cm³/mol. The van der Waals surface area contributed by atoms with Gasteiger partial charge in [0, 0.05) is 12.3 Å². The Kier molecular flexibility index (Phi) is 2.29. The molecule has 0 radical (unpaired) electrons. The molecule has 0 atom stereocenters. The molecule has 14 heavy (non-hydrogen) atoms. The van der Waals surface area contributed by atoms with Gasteiger partial charge in [0.25, 0.3) is 11.8 Å². The fourth-order valence-corrected chi connectivity index (χ4v) is 1.74. The second-order valence-corrected chi connectivity index (χ2v) is 3.48. The monoisotopic (exact) mass is 207 g/mol. The van der Waals surface area contributed by atoms with Crippen LogP contribution in [-0.2, 0) is 0 Å². The van der Waals surface area contributed by atoms with E-state index in [-0.39, 0.29) is 11.8 Å². The number of imide groups is 1. The molecule has 2 rings (SSSR count). The average molecular weight is 207 g/mol. The number of carbonyl (C=O) groups excluding carboxylic acids is 2. The molecule has 1 aliphatic heterocycles. The Morgan fingerprint density at radius 1 is 1.07 bits per heavy atom. The second-order valence-electron chi connectivity index (χ2n) is 3.03. The van der Waals surface area contributed by atoms with Crippen molar-refractivity contribution in [3.05, 3.63) is 35.4 Å². The van der Waals surface area contributed by atoms with Gasteiger partial charge in [-0.25, -0.2) is 0 Å². The molecule has 0 spiro atoms. The summed E-state index contributed by atoms with van der Waals surface area (Å²) in [6, 6.07) is 6.87. The highest BCUT2D eigenvalue weighted by molar-refractivity contribution is 7.80. The molecule has 1 aromatic carbocycles. The quantitative estimate of drug-likeness (QED) is 0.584. The van der Waals surface area contributed by atoms with Crippen molar-refractivity contribution in [2.75, 3.05) is 12.3 Å². The number of hydrogen-bond acceptors (Lipinski definition) is 3. The van der Waals surface area contributed by atoms with E-state index in [2.05, 4.69) is 12.6 Å². The van der Waals surface area contributed by atoms with Crippen LogP contribution in [0, 0.1) is 0 Å². The standard InChI is InChI=1S/C10H9NO2S/c12-9-7-3-1-2-4-8(7)10(13)11(9)5-6-14/h1-4,14H,5-6H2. The minimum Gasteiger partial charge on any atom is -0.274 e. The Bertz CT molecular complexity index is 368.